The van der Waals surface area contributed by atoms with E-state index in [4.69, 9.17) is 29.4 Å². The van der Waals surface area contributed by atoms with Crippen molar-refractivity contribution >= 4 is 57.0 Å². The lowest BCUT2D eigenvalue weighted by Gasteiger charge is -2.43. The Bertz CT molecular complexity index is 645. The predicted molar refractivity (Wildman–Crippen MR) is 100 cm³/mol. The van der Waals surface area contributed by atoms with E-state index in [1.807, 2.05) is 0 Å². The molecule has 0 aromatic carbocycles. The molecule has 1 rings (SSSR count). The zero-order chi connectivity index (χ0) is 21.4. The highest BCUT2D eigenvalue weighted by atomic mass is 79.9. The zero-order valence-electron chi connectivity index (χ0n) is 15.6. The van der Waals surface area contributed by atoms with Crippen molar-refractivity contribution in [3.8, 4) is 0 Å². The van der Waals surface area contributed by atoms with Crippen molar-refractivity contribution in [1.29, 1.82) is 0 Å². The molecule has 1 aliphatic heterocycles. The van der Waals surface area contributed by atoms with Gasteiger partial charge in [-0.1, -0.05) is 11.8 Å². The maximum Gasteiger partial charge on any atom is 0.303 e. The van der Waals surface area contributed by atoms with Crippen LogP contribution < -0.4 is 5.73 Å². The van der Waals surface area contributed by atoms with Crippen molar-refractivity contribution in [2.45, 2.75) is 57.5 Å². The molecule has 28 heavy (non-hydrogen) atoms. The Labute approximate surface area is 173 Å². The summed E-state index contributed by atoms with van der Waals surface area (Å²) in [6, 6.07) is 0. The second-order valence-electron chi connectivity index (χ2n) is 5.61. The van der Waals surface area contributed by atoms with Gasteiger partial charge in [0.15, 0.2) is 28.9 Å². The van der Waals surface area contributed by atoms with Crippen molar-refractivity contribution < 1.29 is 42.9 Å². The van der Waals surface area contributed by atoms with Gasteiger partial charge in [0.25, 0.3) is 0 Å². The first-order valence-electron chi connectivity index (χ1n) is 7.96. The lowest BCUT2D eigenvalue weighted by molar-refractivity contribution is -0.237. The number of ether oxygens (including phenoxy) is 5. The number of nitrogens with two attached hydrogens (primary N) is 1. The fourth-order valence-corrected chi connectivity index (χ4v) is 3.49. The Morgan fingerprint density at radius 1 is 0.929 bits per heavy atom. The van der Waals surface area contributed by atoms with Gasteiger partial charge in [0.1, 0.15) is 12.7 Å². The first-order chi connectivity index (χ1) is 13.0. The molecule has 0 saturated carbocycles. The number of halogens is 1. The van der Waals surface area contributed by atoms with Gasteiger partial charge in [-0.05, 0) is 0 Å². The number of nitrogens with zero attached hydrogens (tertiary/aromatic N) is 1. The molecular weight excluding hydrogens is 464 g/mol. The van der Waals surface area contributed by atoms with Crippen LogP contribution in [0.2, 0.25) is 0 Å². The summed E-state index contributed by atoms with van der Waals surface area (Å²) in [5, 5.41) is 0.0286. The molecule has 0 aromatic rings. The molecule has 13 heteroatoms. The van der Waals surface area contributed by atoms with Crippen LogP contribution in [0.15, 0.2) is 4.02 Å². The molecule has 1 fully saturated rings. The molecule has 0 aliphatic carbocycles. The molecule has 2 N–H and O–H groups in total. The van der Waals surface area contributed by atoms with E-state index in [-0.39, 0.29) is 11.8 Å². The number of carbonyl (C=O) groups excluding carboxylic acids is 4. The fraction of sp³-hybridized carbons (Fsp3) is 0.667. The normalized spacial score (nSPS) is 27.5. The van der Waals surface area contributed by atoms with Crippen LogP contribution >= 0.6 is 27.9 Å². The first-order valence-corrected chi connectivity index (χ1v) is 9.55. The third-order valence-corrected chi connectivity index (χ3v) is 4.83. The number of amidine groups is 1. The summed E-state index contributed by atoms with van der Waals surface area (Å²) in [4.78, 5) is 46.0. The van der Waals surface area contributed by atoms with Crippen LogP contribution in [0.25, 0.3) is 0 Å². The number of esters is 4. The van der Waals surface area contributed by atoms with Gasteiger partial charge in [0.2, 0.25) is 0 Å². The van der Waals surface area contributed by atoms with Crippen LogP contribution in [0.5, 0.6) is 0 Å². The van der Waals surface area contributed by atoms with E-state index in [0.29, 0.717) is 0 Å². The van der Waals surface area contributed by atoms with E-state index >= 15 is 0 Å². The fourth-order valence-electron chi connectivity index (χ4n) is 2.42. The molecule has 0 spiro atoms. The second-order valence-corrected chi connectivity index (χ2v) is 7.08. The van der Waals surface area contributed by atoms with Gasteiger partial charge >= 0.3 is 23.9 Å². The monoisotopic (exact) mass is 484 g/mol. The zero-order valence-corrected chi connectivity index (χ0v) is 18.0. The number of hydrogen-bond donors (Lipinski definition) is 1. The van der Waals surface area contributed by atoms with Gasteiger partial charge in [-0.15, -0.1) is 0 Å². The molecule has 1 saturated heterocycles. The SMILES string of the molecule is CC(=O)OCC1OC(SC(N)=NBr)C(OC(C)=O)C(OC(C)=O)C1OC(C)=O. The van der Waals surface area contributed by atoms with Crippen molar-refractivity contribution in [3.63, 3.8) is 0 Å². The largest absolute Gasteiger partial charge is 0.463 e. The van der Waals surface area contributed by atoms with Gasteiger partial charge in [-0.25, -0.2) is 0 Å². The summed E-state index contributed by atoms with van der Waals surface area (Å²) < 4.78 is 30.2. The molecular formula is C15H21BrN2O9S. The van der Waals surface area contributed by atoms with E-state index < -0.39 is 53.7 Å². The Kier molecular flexibility index (Phi) is 9.69. The highest BCUT2D eigenvalue weighted by Crippen LogP contribution is 2.34. The summed E-state index contributed by atoms with van der Waals surface area (Å²) in [6.07, 6.45) is -4.65. The molecule has 0 bridgehead atoms. The number of thioether (sulfide) groups is 1. The third-order valence-electron chi connectivity index (χ3n) is 3.27. The second kappa shape index (κ2) is 11.2. The Hall–Kier alpha value is -1.86. The molecule has 1 aliphatic rings. The summed E-state index contributed by atoms with van der Waals surface area (Å²) in [5.41, 5.74) is 4.70. The van der Waals surface area contributed by atoms with E-state index in [1.165, 1.54) is 6.92 Å². The molecule has 0 amide bonds. The standard InChI is InChI=1S/C15H21BrN2O9S/c1-6(19)23-5-10-11(24-7(2)20)12(25-8(3)21)13(26-9(4)22)14(27-10)28-15(17)18-16/h10-14H,5H2,1-4H3,(H2,17,18). The van der Waals surface area contributed by atoms with Gasteiger partial charge in [-0.3, -0.25) is 19.2 Å². The van der Waals surface area contributed by atoms with E-state index in [1.54, 1.807) is 0 Å². The third kappa shape index (κ3) is 7.64. The molecule has 11 nitrogen and oxygen atoms in total. The minimum atomic E-state index is -1.24. The Balaban J connectivity index is 3.32. The minimum absolute atomic E-state index is 0.0286. The van der Waals surface area contributed by atoms with Gasteiger partial charge in [-0.2, -0.15) is 4.02 Å². The van der Waals surface area contributed by atoms with Crippen LogP contribution in [-0.4, -0.2) is 65.5 Å². The van der Waals surface area contributed by atoms with Crippen LogP contribution in [0.4, 0.5) is 0 Å². The molecule has 158 valence electrons. The van der Waals surface area contributed by atoms with Crippen LogP contribution in [0.1, 0.15) is 27.7 Å². The summed E-state index contributed by atoms with van der Waals surface area (Å²) in [7, 11) is 0. The highest BCUT2D eigenvalue weighted by Gasteiger charge is 2.52. The van der Waals surface area contributed by atoms with Crippen LogP contribution in [0.3, 0.4) is 0 Å². The van der Waals surface area contributed by atoms with Crippen LogP contribution in [0, 0.1) is 0 Å². The molecule has 0 aromatic heterocycles. The molecule has 5 atom stereocenters. The quantitative estimate of drug-likeness (QED) is 0.241. The maximum atomic E-state index is 11.6. The first kappa shape index (κ1) is 24.2. The molecule has 1 heterocycles. The summed E-state index contributed by atoms with van der Waals surface area (Å²) >= 11 is 3.70. The van der Waals surface area contributed by atoms with Gasteiger partial charge in [0, 0.05) is 27.7 Å². The van der Waals surface area contributed by atoms with Gasteiger partial charge < -0.3 is 29.4 Å². The average molecular weight is 485 g/mol. The number of carbonyl (C=O) groups is 4. The Morgan fingerprint density at radius 2 is 1.43 bits per heavy atom. The lowest BCUT2D eigenvalue weighted by atomic mass is 9.99. The number of rotatable bonds is 6. The smallest absolute Gasteiger partial charge is 0.303 e. The van der Waals surface area contributed by atoms with E-state index in [9.17, 15) is 19.2 Å². The summed E-state index contributed by atoms with van der Waals surface area (Å²) in [6.45, 7) is 4.32. The predicted octanol–water partition coefficient (Wildman–Crippen LogP) is 0.427. The molecule has 5 unspecified atom stereocenters. The average Bonchev–Trinajstić information content (AvgIpc) is 2.57. The van der Waals surface area contributed by atoms with E-state index in [2.05, 4.69) is 20.2 Å². The topological polar surface area (TPSA) is 153 Å². The van der Waals surface area contributed by atoms with Crippen LogP contribution in [-0.2, 0) is 42.9 Å². The maximum absolute atomic E-state index is 11.6. The minimum Gasteiger partial charge on any atom is -0.463 e. The molecule has 0 radical (unpaired) electrons. The van der Waals surface area contributed by atoms with Crippen molar-refractivity contribution in [2.24, 2.45) is 9.75 Å². The van der Waals surface area contributed by atoms with Gasteiger partial charge in [0.05, 0.1) is 16.1 Å². The van der Waals surface area contributed by atoms with E-state index in [0.717, 1.165) is 32.5 Å². The number of hydrogen-bond acceptors (Lipinski definition) is 11. The van der Waals surface area contributed by atoms with Crippen molar-refractivity contribution in [1.82, 2.24) is 0 Å². The Morgan fingerprint density at radius 3 is 1.89 bits per heavy atom. The lowest BCUT2D eigenvalue weighted by Crippen LogP contribution is -2.61. The van der Waals surface area contributed by atoms with Crippen molar-refractivity contribution in [3.05, 3.63) is 0 Å². The highest BCUT2D eigenvalue weighted by molar-refractivity contribution is 9.08. The summed E-state index contributed by atoms with van der Waals surface area (Å²) in [5.74, 6) is -2.70. The van der Waals surface area contributed by atoms with Crippen molar-refractivity contribution in [2.75, 3.05) is 6.61 Å².